The average molecular weight is 279 g/mol. The van der Waals surface area contributed by atoms with E-state index >= 15 is 0 Å². The molecule has 0 fully saturated rings. The van der Waals surface area contributed by atoms with Crippen molar-refractivity contribution in [1.82, 2.24) is 0 Å². The summed E-state index contributed by atoms with van der Waals surface area (Å²) in [5, 5.41) is 2.85. The molecule has 0 aromatic heterocycles. The van der Waals surface area contributed by atoms with E-state index in [4.69, 9.17) is 0 Å². The summed E-state index contributed by atoms with van der Waals surface area (Å²) < 4.78 is 38.5. The van der Waals surface area contributed by atoms with Crippen LogP contribution in [-0.2, 0) is 19.1 Å². The van der Waals surface area contributed by atoms with E-state index in [0.29, 0.717) is 6.54 Å². The van der Waals surface area contributed by atoms with Crippen molar-refractivity contribution in [2.75, 3.05) is 5.32 Å². The Bertz CT molecular complexity index is 559. The molecule has 4 heteroatoms. The lowest BCUT2D eigenvalue weighted by Crippen LogP contribution is -2.10. The Balaban J connectivity index is 2.10. The van der Waals surface area contributed by atoms with Crippen molar-refractivity contribution < 1.29 is 13.2 Å². The van der Waals surface area contributed by atoms with Gasteiger partial charge in [-0.2, -0.15) is 13.2 Å². The Morgan fingerprint density at radius 3 is 2.10 bits per heavy atom. The van der Waals surface area contributed by atoms with Crippen molar-refractivity contribution >= 4 is 5.69 Å². The highest BCUT2D eigenvalue weighted by molar-refractivity contribution is 5.52. The summed E-state index contributed by atoms with van der Waals surface area (Å²) >= 11 is 0. The topological polar surface area (TPSA) is 12.0 Å². The molecule has 0 aliphatic heterocycles. The Hall–Kier alpha value is -1.97. The molecule has 1 nitrogen and oxygen atoms in total. The molecule has 0 aliphatic carbocycles. The third-order valence-corrected chi connectivity index (χ3v) is 3.15. The van der Waals surface area contributed by atoms with E-state index in [1.807, 2.05) is 24.3 Å². The predicted molar refractivity (Wildman–Crippen MR) is 74.6 cm³/mol. The monoisotopic (exact) mass is 279 g/mol. The summed E-state index contributed by atoms with van der Waals surface area (Å²) in [6.45, 7) is 2.43. The van der Waals surface area contributed by atoms with Gasteiger partial charge in [-0.1, -0.05) is 43.3 Å². The summed E-state index contributed by atoms with van der Waals surface area (Å²) in [7, 11) is 0. The number of nitrogens with one attached hydrogen (secondary N) is 1. The van der Waals surface area contributed by atoms with Gasteiger partial charge in [-0.15, -0.1) is 0 Å². The maximum Gasteiger partial charge on any atom is 0.418 e. The summed E-state index contributed by atoms with van der Waals surface area (Å²) in [5.74, 6) is 0. The Labute approximate surface area is 116 Å². The van der Waals surface area contributed by atoms with Gasteiger partial charge in [0.05, 0.1) is 5.56 Å². The molecule has 0 aliphatic rings. The van der Waals surface area contributed by atoms with Crippen molar-refractivity contribution in [3.05, 3.63) is 65.2 Å². The van der Waals surface area contributed by atoms with Gasteiger partial charge in [0.25, 0.3) is 0 Å². The van der Waals surface area contributed by atoms with Crippen LogP contribution in [0.25, 0.3) is 0 Å². The second kappa shape index (κ2) is 5.99. The number of halogens is 3. The van der Waals surface area contributed by atoms with E-state index in [0.717, 1.165) is 18.1 Å². The first-order valence-electron chi connectivity index (χ1n) is 6.48. The highest BCUT2D eigenvalue weighted by Crippen LogP contribution is 2.34. The van der Waals surface area contributed by atoms with Gasteiger partial charge in [0.15, 0.2) is 0 Å². The van der Waals surface area contributed by atoms with Crippen LogP contribution >= 0.6 is 0 Å². The normalized spacial score (nSPS) is 11.4. The van der Waals surface area contributed by atoms with Crippen LogP contribution in [0, 0.1) is 0 Å². The number of hydrogen-bond donors (Lipinski definition) is 1. The van der Waals surface area contributed by atoms with Crippen LogP contribution in [0.1, 0.15) is 23.6 Å². The molecule has 0 bridgehead atoms. The molecule has 1 N–H and O–H groups in total. The van der Waals surface area contributed by atoms with Crippen LogP contribution in [0.3, 0.4) is 0 Å². The van der Waals surface area contributed by atoms with Gasteiger partial charge in [-0.05, 0) is 29.7 Å². The maximum atomic E-state index is 12.8. The van der Waals surface area contributed by atoms with Crippen molar-refractivity contribution in [3.8, 4) is 0 Å². The van der Waals surface area contributed by atoms with Gasteiger partial charge >= 0.3 is 6.18 Å². The fraction of sp³-hybridized carbons (Fsp3) is 0.250. The molecule has 20 heavy (non-hydrogen) atoms. The van der Waals surface area contributed by atoms with Crippen LogP contribution in [-0.4, -0.2) is 0 Å². The number of para-hydroxylation sites is 1. The number of rotatable bonds is 4. The fourth-order valence-electron chi connectivity index (χ4n) is 1.97. The number of benzene rings is 2. The molecule has 0 saturated carbocycles. The predicted octanol–water partition coefficient (Wildman–Crippen LogP) is 4.88. The molecule has 0 atom stereocenters. The van der Waals surface area contributed by atoms with E-state index in [2.05, 4.69) is 12.2 Å². The van der Waals surface area contributed by atoms with Gasteiger partial charge in [-0.25, -0.2) is 0 Å². The van der Waals surface area contributed by atoms with Crippen molar-refractivity contribution in [2.24, 2.45) is 0 Å². The zero-order chi connectivity index (χ0) is 14.6. The molecule has 0 radical (unpaired) electrons. The van der Waals surface area contributed by atoms with Gasteiger partial charge < -0.3 is 5.32 Å². The molecular weight excluding hydrogens is 263 g/mol. The fourth-order valence-corrected chi connectivity index (χ4v) is 1.97. The van der Waals surface area contributed by atoms with Crippen LogP contribution < -0.4 is 5.32 Å². The lowest BCUT2D eigenvalue weighted by atomic mass is 10.1. The molecule has 0 amide bonds. The van der Waals surface area contributed by atoms with Crippen LogP contribution in [0.15, 0.2) is 48.5 Å². The molecule has 0 saturated heterocycles. The van der Waals surface area contributed by atoms with Crippen molar-refractivity contribution in [1.29, 1.82) is 0 Å². The number of aryl methyl sites for hydroxylation is 1. The van der Waals surface area contributed by atoms with Crippen molar-refractivity contribution in [2.45, 2.75) is 26.1 Å². The van der Waals surface area contributed by atoms with E-state index in [1.54, 1.807) is 6.07 Å². The zero-order valence-electron chi connectivity index (χ0n) is 11.2. The molecule has 0 heterocycles. The molecule has 106 valence electrons. The summed E-state index contributed by atoms with van der Waals surface area (Å²) in [6.07, 6.45) is -3.39. The minimum Gasteiger partial charge on any atom is -0.380 e. The Morgan fingerprint density at radius 1 is 0.900 bits per heavy atom. The molecule has 2 aromatic carbocycles. The average Bonchev–Trinajstić information content (AvgIpc) is 2.45. The first-order chi connectivity index (χ1) is 9.50. The second-order valence-electron chi connectivity index (χ2n) is 4.57. The molecular formula is C16H16F3N. The van der Waals surface area contributed by atoms with Crippen molar-refractivity contribution in [3.63, 3.8) is 0 Å². The number of hydrogen-bond acceptors (Lipinski definition) is 1. The summed E-state index contributed by atoms with van der Waals surface area (Å²) in [4.78, 5) is 0. The SMILES string of the molecule is CCc1ccc(CNc2ccccc2C(F)(F)F)cc1. The highest BCUT2D eigenvalue weighted by Gasteiger charge is 2.32. The minimum absolute atomic E-state index is 0.111. The molecule has 2 rings (SSSR count). The van der Waals surface area contributed by atoms with Gasteiger partial charge in [0.1, 0.15) is 0 Å². The van der Waals surface area contributed by atoms with Crippen LogP contribution in [0.2, 0.25) is 0 Å². The quantitative estimate of drug-likeness (QED) is 0.841. The summed E-state index contributed by atoms with van der Waals surface area (Å²) in [5.41, 5.74) is 1.65. The van der Waals surface area contributed by atoms with E-state index < -0.39 is 11.7 Å². The highest BCUT2D eigenvalue weighted by atomic mass is 19.4. The third-order valence-electron chi connectivity index (χ3n) is 3.15. The zero-order valence-corrected chi connectivity index (χ0v) is 11.2. The minimum atomic E-state index is -4.34. The van der Waals surface area contributed by atoms with E-state index in [9.17, 15) is 13.2 Å². The van der Waals surface area contributed by atoms with Crippen LogP contribution in [0.4, 0.5) is 18.9 Å². The van der Waals surface area contributed by atoms with Crippen LogP contribution in [0.5, 0.6) is 0 Å². The van der Waals surface area contributed by atoms with E-state index in [1.165, 1.54) is 17.7 Å². The number of alkyl halides is 3. The lowest BCUT2D eigenvalue weighted by molar-refractivity contribution is -0.136. The molecule has 0 spiro atoms. The standard InChI is InChI=1S/C16H16F3N/c1-2-12-7-9-13(10-8-12)11-20-15-6-4-3-5-14(15)16(17,18)19/h3-10,20H,2,11H2,1H3. The Morgan fingerprint density at radius 2 is 1.50 bits per heavy atom. The van der Waals surface area contributed by atoms with E-state index in [-0.39, 0.29) is 5.69 Å². The number of anilines is 1. The third kappa shape index (κ3) is 3.53. The largest absolute Gasteiger partial charge is 0.418 e. The maximum absolute atomic E-state index is 12.8. The van der Waals surface area contributed by atoms with Gasteiger partial charge in [0, 0.05) is 12.2 Å². The molecule has 0 unspecified atom stereocenters. The smallest absolute Gasteiger partial charge is 0.380 e. The first-order valence-corrected chi connectivity index (χ1v) is 6.48. The van der Waals surface area contributed by atoms with Gasteiger partial charge in [-0.3, -0.25) is 0 Å². The van der Waals surface area contributed by atoms with Gasteiger partial charge in [0.2, 0.25) is 0 Å². The molecule has 2 aromatic rings. The second-order valence-corrected chi connectivity index (χ2v) is 4.57. The summed E-state index contributed by atoms with van der Waals surface area (Å²) in [6, 6.07) is 13.4. The lowest BCUT2D eigenvalue weighted by Gasteiger charge is -2.14. The Kier molecular flexibility index (Phi) is 4.32. The first kappa shape index (κ1) is 14.4.